The number of alkyl halides is 4. The zero-order valence-electron chi connectivity index (χ0n) is 19.3. The number of hydrogen-bond donors (Lipinski definition) is 2. The van der Waals surface area contributed by atoms with Crippen LogP contribution in [0.4, 0.5) is 23.8 Å². The summed E-state index contributed by atoms with van der Waals surface area (Å²) in [5.74, 6) is -3.71. The molecule has 10 nitrogen and oxygen atoms in total. The molecule has 0 spiro atoms. The fourth-order valence-corrected chi connectivity index (χ4v) is 4.11. The highest BCUT2D eigenvalue weighted by atomic mass is 35.5. The summed E-state index contributed by atoms with van der Waals surface area (Å²) in [5, 5.41) is 12.9. The highest BCUT2D eigenvalue weighted by molar-refractivity contribution is 6.28. The highest BCUT2D eigenvalue weighted by Crippen LogP contribution is 2.43. The maximum absolute atomic E-state index is 14.2. The summed E-state index contributed by atoms with van der Waals surface area (Å²) in [6.45, 7) is 1.81. The molecular weight excluding hydrogens is 519 g/mol. The fourth-order valence-electron chi connectivity index (χ4n) is 3.95. The Morgan fingerprint density at radius 2 is 2.05 bits per heavy atom. The zero-order valence-corrected chi connectivity index (χ0v) is 20.1. The smallest absolute Gasteiger partial charge is 0.421 e. The number of aromatic hydroxyl groups is 1. The lowest BCUT2D eigenvalue weighted by Crippen LogP contribution is -2.59. The number of benzene rings is 1. The van der Waals surface area contributed by atoms with Crippen LogP contribution in [0.25, 0.3) is 6.08 Å². The van der Waals surface area contributed by atoms with E-state index in [1.54, 1.807) is 0 Å². The molecule has 2 aromatic rings. The van der Waals surface area contributed by atoms with Gasteiger partial charge in [-0.15, -0.1) is 11.6 Å². The van der Waals surface area contributed by atoms with Gasteiger partial charge in [0.1, 0.15) is 5.75 Å². The predicted molar refractivity (Wildman–Crippen MR) is 124 cm³/mol. The Labute approximate surface area is 213 Å². The quantitative estimate of drug-likeness (QED) is 0.338. The number of anilines is 1. The minimum atomic E-state index is -5.30. The lowest BCUT2D eigenvalue weighted by atomic mass is 9.99. The SMILES string of the molecule is CC1(C(F)(F)F)C(=O)N(c2cnc(C3COCCN3)cn2)C(=O)N1C(=O)/C=C/c1cc(O)cc(CCl)c1. The van der Waals surface area contributed by atoms with Gasteiger partial charge in [-0.3, -0.25) is 14.6 Å². The normalized spacial score (nSPS) is 22.8. The molecule has 2 unspecified atom stereocenters. The average molecular weight is 540 g/mol. The number of hydrogen-bond acceptors (Lipinski definition) is 8. The van der Waals surface area contributed by atoms with Crippen molar-refractivity contribution in [1.82, 2.24) is 20.2 Å². The molecular formula is C23H21ClF3N5O5. The summed E-state index contributed by atoms with van der Waals surface area (Å²) >= 11 is 5.74. The molecule has 4 rings (SSSR count). The topological polar surface area (TPSA) is 125 Å². The number of ether oxygens (including phenoxy) is 1. The number of phenolic OH excluding ortho intramolecular Hbond substituents is 1. The van der Waals surface area contributed by atoms with Crippen molar-refractivity contribution in [3.05, 3.63) is 53.5 Å². The summed E-state index contributed by atoms with van der Waals surface area (Å²) in [5.41, 5.74) is -2.36. The van der Waals surface area contributed by atoms with Crippen molar-refractivity contribution in [2.75, 3.05) is 24.7 Å². The number of halogens is 4. The largest absolute Gasteiger partial charge is 0.508 e. The van der Waals surface area contributed by atoms with Crippen LogP contribution in [0.1, 0.15) is 29.8 Å². The molecule has 0 radical (unpaired) electrons. The molecule has 2 aliphatic rings. The molecule has 1 aromatic carbocycles. The van der Waals surface area contributed by atoms with Crippen LogP contribution in [0.5, 0.6) is 5.75 Å². The number of amides is 4. The zero-order chi connectivity index (χ0) is 27.0. The number of phenols is 1. The van der Waals surface area contributed by atoms with Gasteiger partial charge in [0, 0.05) is 18.5 Å². The first-order chi connectivity index (χ1) is 17.5. The van der Waals surface area contributed by atoms with Crippen molar-refractivity contribution < 1.29 is 37.4 Å². The number of nitrogens with zero attached hydrogens (tertiary/aromatic N) is 4. The second kappa shape index (κ2) is 10.1. The van der Waals surface area contributed by atoms with Crippen LogP contribution in [0.3, 0.4) is 0 Å². The molecule has 0 saturated carbocycles. The van der Waals surface area contributed by atoms with Gasteiger partial charge in [-0.25, -0.2) is 19.6 Å². The van der Waals surface area contributed by atoms with Crippen molar-refractivity contribution in [1.29, 1.82) is 0 Å². The molecule has 37 heavy (non-hydrogen) atoms. The molecule has 2 fully saturated rings. The predicted octanol–water partition coefficient (Wildman–Crippen LogP) is 2.91. The van der Waals surface area contributed by atoms with E-state index in [1.165, 1.54) is 24.4 Å². The van der Waals surface area contributed by atoms with Gasteiger partial charge in [-0.05, 0) is 36.3 Å². The van der Waals surface area contributed by atoms with Gasteiger partial charge in [0.15, 0.2) is 5.82 Å². The van der Waals surface area contributed by atoms with Gasteiger partial charge in [-0.2, -0.15) is 13.2 Å². The standard InChI is InChI=1S/C23H21ClF3N5O5/c1-22(23(25,26)27)20(35)31(18-11-29-16(10-30-18)17-12-37-5-4-28-17)21(36)32(22)19(34)3-2-13-6-14(9-24)8-15(33)7-13/h2-3,6-8,10-11,17,28,33H,4-5,9,12H2,1H3/b3-2+. The number of morpholine rings is 1. The molecule has 4 amide bonds. The van der Waals surface area contributed by atoms with Crippen molar-refractivity contribution in [3.63, 3.8) is 0 Å². The number of carbonyl (C=O) groups is 3. The lowest BCUT2D eigenvalue weighted by Gasteiger charge is -2.31. The summed E-state index contributed by atoms with van der Waals surface area (Å²) < 4.78 is 47.8. The molecule has 2 aliphatic heterocycles. The maximum atomic E-state index is 14.2. The molecule has 196 valence electrons. The number of imide groups is 2. The minimum absolute atomic E-state index is 0.0348. The van der Waals surface area contributed by atoms with E-state index >= 15 is 0 Å². The van der Waals surface area contributed by atoms with Gasteiger partial charge in [0.25, 0.3) is 11.8 Å². The highest BCUT2D eigenvalue weighted by Gasteiger charge is 2.71. The Morgan fingerprint density at radius 3 is 2.65 bits per heavy atom. The second-order valence-corrected chi connectivity index (χ2v) is 8.71. The number of urea groups is 1. The second-order valence-electron chi connectivity index (χ2n) is 8.45. The molecule has 2 N–H and O–H groups in total. The van der Waals surface area contributed by atoms with Crippen LogP contribution in [-0.4, -0.2) is 69.3 Å². The van der Waals surface area contributed by atoms with Gasteiger partial charge in [-0.1, -0.05) is 6.07 Å². The van der Waals surface area contributed by atoms with Crippen LogP contribution in [0, 0.1) is 0 Å². The van der Waals surface area contributed by atoms with Crippen molar-refractivity contribution in [2.24, 2.45) is 0 Å². The van der Waals surface area contributed by atoms with Crippen molar-refractivity contribution in [3.8, 4) is 5.75 Å². The van der Waals surface area contributed by atoms with E-state index in [2.05, 4.69) is 15.3 Å². The third-order valence-electron chi connectivity index (χ3n) is 5.96. The van der Waals surface area contributed by atoms with Gasteiger partial charge >= 0.3 is 12.2 Å². The Bertz CT molecular complexity index is 1250. The molecule has 2 atom stereocenters. The molecule has 0 bridgehead atoms. The number of rotatable bonds is 5. The Hall–Kier alpha value is -3.55. The van der Waals surface area contributed by atoms with Crippen LogP contribution in [-0.2, 0) is 20.2 Å². The maximum Gasteiger partial charge on any atom is 0.421 e. The van der Waals surface area contributed by atoms with E-state index in [1.807, 2.05) is 0 Å². The number of aromatic nitrogens is 2. The summed E-state index contributed by atoms with van der Waals surface area (Å²) in [4.78, 5) is 47.1. The van der Waals surface area contributed by atoms with Crippen molar-refractivity contribution >= 4 is 41.3 Å². The number of nitrogens with one attached hydrogen (secondary N) is 1. The Balaban J connectivity index is 1.66. The van der Waals surface area contributed by atoms with Crippen LogP contribution >= 0.6 is 11.6 Å². The first-order valence-corrected chi connectivity index (χ1v) is 11.5. The third-order valence-corrected chi connectivity index (χ3v) is 6.27. The summed E-state index contributed by atoms with van der Waals surface area (Å²) in [7, 11) is 0. The minimum Gasteiger partial charge on any atom is -0.508 e. The first-order valence-electron chi connectivity index (χ1n) is 11.0. The lowest BCUT2D eigenvalue weighted by molar-refractivity contribution is -0.209. The van der Waals surface area contributed by atoms with Crippen LogP contribution in [0.2, 0.25) is 0 Å². The van der Waals surface area contributed by atoms with Crippen LogP contribution in [0.15, 0.2) is 36.7 Å². The number of carbonyl (C=O) groups excluding carboxylic acids is 3. The van der Waals surface area contributed by atoms with Gasteiger partial charge in [0.05, 0.1) is 37.3 Å². The van der Waals surface area contributed by atoms with E-state index in [-0.39, 0.29) is 33.0 Å². The summed E-state index contributed by atoms with van der Waals surface area (Å²) in [6.07, 6.45) is -1.29. The van der Waals surface area contributed by atoms with E-state index in [0.717, 1.165) is 12.3 Å². The van der Waals surface area contributed by atoms with E-state index < -0.39 is 35.4 Å². The van der Waals surface area contributed by atoms with E-state index in [4.69, 9.17) is 16.3 Å². The van der Waals surface area contributed by atoms with Crippen LogP contribution < -0.4 is 10.2 Å². The molecule has 0 aliphatic carbocycles. The monoisotopic (exact) mass is 539 g/mol. The van der Waals surface area contributed by atoms with Gasteiger partial charge < -0.3 is 15.2 Å². The third kappa shape index (κ3) is 4.89. The Morgan fingerprint density at radius 1 is 1.30 bits per heavy atom. The van der Waals surface area contributed by atoms with E-state index in [0.29, 0.717) is 44.0 Å². The molecule has 2 saturated heterocycles. The van der Waals surface area contributed by atoms with Gasteiger partial charge in [0.2, 0.25) is 5.54 Å². The molecule has 3 heterocycles. The van der Waals surface area contributed by atoms with E-state index in [9.17, 15) is 32.7 Å². The molecule has 1 aromatic heterocycles. The summed E-state index contributed by atoms with van der Waals surface area (Å²) in [6, 6.07) is 2.26. The fraction of sp³-hybridized carbons (Fsp3) is 0.348. The van der Waals surface area contributed by atoms with Crippen molar-refractivity contribution in [2.45, 2.75) is 30.6 Å². The Kier molecular flexibility index (Phi) is 7.22. The average Bonchev–Trinajstić information content (AvgIpc) is 3.08. The molecule has 14 heteroatoms. The first kappa shape index (κ1) is 26.5.